The number of hydrazone groups is 1. The third-order valence-corrected chi connectivity index (χ3v) is 3.85. The zero-order valence-electron chi connectivity index (χ0n) is 12.6. The van der Waals surface area contributed by atoms with Crippen molar-refractivity contribution in [3.63, 3.8) is 0 Å². The molecule has 1 heterocycles. The molecule has 24 heavy (non-hydrogen) atoms. The molecule has 2 aromatic carbocycles. The Balaban J connectivity index is 1.66. The number of benzene rings is 2. The summed E-state index contributed by atoms with van der Waals surface area (Å²) in [5.74, 6) is 0.890. The van der Waals surface area contributed by atoms with Crippen LogP contribution in [0.2, 0.25) is 0 Å². The number of nitrogens with zero attached hydrogens (tertiary/aromatic N) is 1. The van der Waals surface area contributed by atoms with Gasteiger partial charge in [-0.05, 0) is 36.4 Å². The zero-order chi connectivity index (χ0) is 16.9. The predicted octanol–water partition coefficient (Wildman–Crippen LogP) is 4.06. The molecule has 5 nitrogen and oxygen atoms in total. The van der Waals surface area contributed by atoms with E-state index in [0.29, 0.717) is 17.0 Å². The van der Waals surface area contributed by atoms with Gasteiger partial charge in [-0.3, -0.25) is 4.79 Å². The number of rotatable bonds is 4. The monoisotopic (exact) mass is 383 g/mol. The second kappa shape index (κ2) is 7.14. The Morgan fingerprint density at radius 1 is 1.08 bits per heavy atom. The number of hydrogen-bond acceptors (Lipinski definition) is 4. The summed E-state index contributed by atoms with van der Waals surface area (Å²) >= 11 is 3.39. The van der Waals surface area contributed by atoms with E-state index < -0.39 is 0 Å². The highest BCUT2D eigenvalue weighted by atomic mass is 79.9. The summed E-state index contributed by atoms with van der Waals surface area (Å²) in [6.45, 7) is 0. The normalized spacial score (nSPS) is 10.9. The Kier molecular flexibility index (Phi) is 4.77. The summed E-state index contributed by atoms with van der Waals surface area (Å²) in [5.41, 5.74) is 9.92. The van der Waals surface area contributed by atoms with Crippen molar-refractivity contribution >= 4 is 33.7 Å². The molecule has 3 aromatic rings. The van der Waals surface area contributed by atoms with E-state index in [1.165, 1.54) is 6.21 Å². The first kappa shape index (κ1) is 16.0. The number of para-hydroxylation sites is 1. The molecule has 0 radical (unpaired) electrons. The minimum atomic E-state index is -0.371. The smallest absolute Gasteiger partial charge is 0.273 e. The molecule has 3 rings (SSSR count). The van der Waals surface area contributed by atoms with Gasteiger partial charge in [0.15, 0.2) is 0 Å². The van der Waals surface area contributed by atoms with E-state index in [-0.39, 0.29) is 5.91 Å². The summed E-state index contributed by atoms with van der Waals surface area (Å²) in [6, 6.07) is 18.2. The van der Waals surface area contributed by atoms with Crippen molar-refractivity contribution in [3.8, 4) is 11.3 Å². The predicted molar refractivity (Wildman–Crippen MR) is 97.8 cm³/mol. The SMILES string of the molecule is Nc1ccccc1C(=O)N/N=C/c1ccc(-c2ccc(Br)cc2)o1. The molecule has 120 valence electrons. The lowest BCUT2D eigenvalue weighted by atomic mass is 10.2. The average molecular weight is 384 g/mol. The number of anilines is 1. The van der Waals surface area contributed by atoms with Crippen LogP contribution >= 0.6 is 15.9 Å². The number of carbonyl (C=O) groups is 1. The first-order valence-corrected chi connectivity index (χ1v) is 7.96. The van der Waals surface area contributed by atoms with Gasteiger partial charge >= 0.3 is 0 Å². The third-order valence-electron chi connectivity index (χ3n) is 3.32. The molecule has 0 unspecified atom stereocenters. The first-order valence-electron chi connectivity index (χ1n) is 7.17. The zero-order valence-corrected chi connectivity index (χ0v) is 14.2. The molecular formula is C18H14BrN3O2. The number of nitrogens with two attached hydrogens (primary N) is 1. The van der Waals surface area contributed by atoms with Crippen LogP contribution in [0.15, 0.2) is 74.7 Å². The van der Waals surface area contributed by atoms with E-state index >= 15 is 0 Å². The molecule has 0 saturated carbocycles. The number of furan rings is 1. The minimum Gasteiger partial charge on any atom is -0.455 e. The van der Waals surface area contributed by atoms with Crippen molar-refractivity contribution in [1.82, 2.24) is 5.43 Å². The summed E-state index contributed by atoms with van der Waals surface area (Å²) in [4.78, 5) is 12.0. The number of nitrogen functional groups attached to an aromatic ring is 1. The summed E-state index contributed by atoms with van der Waals surface area (Å²) < 4.78 is 6.68. The number of hydrogen-bond donors (Lipinski definition) is 2. The summed E-state index contributed by atoms with van der Waals surface area (Å²) in [7, 11) is 0. The first-order chi connectivity index (χ1) is 11.6. The van der Waals surface area contributed by atoms with Gasteiger partial charge in [-0.1, -0.05) is 40.2 Å². The molecule has 0 aliphatic heterocycles. The Morgan fingerprint density at radius 3 is 2.58 bits per heavy atom. The molecule has 3 N–H and O–H groups in total. The lowest BCUT2D eigenvalue weighted by Crippen LogP contribution is -2.18. The lowest BCUT2D eigenvalue weighted by molar-refractivity contribution is 0.0956. The standard InChI is InChI=1S/C18H14BrN3O2/c19-13-7-5-12(6-8-13)17-10-9-14(24-17)11-21-22-18(23)15-3-1-2-4-16(15)20/h1-11H,20H2,(H,22,23)/b21-11+. The quantitative estimate of drug-likeness (QED) is 0.405. The van der Waals surface area contributed by atoms with Crippen LogP contribution in [0.5, 0.6) is 0 Å². The summed E-state index contributed by atoms with van der Waals surface area (Å²) in [5, 5.41) is 3.90. The average Bonchev–Trinajstić information content (AvgIpc) is 3.04. The van der Waals surface area contributed by atoms with Crippen LogP contribution in [0.3, 0.4) is 0 Å². The van der Waals surface area contributed by atoms with Crippen LogP contribution in [0.1, 0.15) is 16.1 Å². The Morgan fingerprint density at radius 2 is 1.83 bits per heavy atom. The van der Waals surface area contributed by atoms with Crippen molar-refractivity contribution in [2.45, 2.75) is 0 Å². The van der Waals surface area contributed by atoms with Crippen LogP contribution in [-0.4, -0.2) is 12.1 Å². The van der Waals surface area contributed by atoms with Crippen LogP contribution in [0.25, 0.3) is 11.3 Å². The van der Waals surface area contributed by atoms with Gasteiger partial charge < -0.3 is 10.2 Å². The van der Waals surface area contributed by atoms with E-state index in [0.717, 1.165) is 15.8 Å². The van der Waals surface area contributed by atoms with Gasteiger partial charge in [0.25, 0.3) is 5.91 Å². The van der Waals surface area contributed by atoms with Gasteiger partial charge in [0.05, 0.1) is 11.8 Å². The molecule has 1 aromatic heterocycles. The van der Waals surface area contributed by atoms with Crippen LogP contribution < -0.4 is 11.2 Å². The van der Waals surface area contributed by atoms with E-state index in [4.69, 9.17) is 10.2 Å². The number of halogens is 1. The van der Waals surface area contributed by atoms with Gasteiger partial charge in [0, 0.05) is 15.7 Å². The van der Waals surface area contributed by atoms with Crippen molar-refractivity contribution in [3.05, 3.63) is 76.5 Å². The fourth-order valence-corrected chi connectivity index (χ4v) is 2.37. The molecule has 0 saturated heterocycles. The van der Waals surface area contributed by atoms with Gasteiger partial charge in [0.1, 0.15) is 11.5 Å². The van der Waals surface area contributed by atoms with E-state index in [9.17, 15) is 4.79 Å². The van der Waals surface area contributed by atoms with Gasteiger partial charge in [-0.2, -0.15) is 5.10 Å². The van der Waals surface area contributed by atoms with Crippen molar-refractivity contribution in [1.29, 1.82) is 0 Å². The maximum Gasteiger partial charge on any atom is 0.273 e. The second-order valence-electron chi connectivity index (χ2n) is 5.00. The molecular weight excluding hydrogens is 370 g/mol. The number of carbonyl (C=O) groups excluding carboxylic acids is 1. The molecule has 0 spiro atoms. The highest BCUT2D eigenvalue weighted by molar-refractivity contribution is 9.10. The molecule has 0 atom stereocenters. The maximum absolute atomic E-state index is 12.0. The largest absolute Gasteiger partial charge is 0.455 e. The van der Waals surface area contributed by atoms with E-state index in [1.54, 1.807) is 30.3 Å². The fraction of sp³-hybridized carbons (Fsp3) is 0. The molecule has 0 fully saturated rings. The van der Waals surface area contributed by atoms with Gasteiger partial charge in [0.2, 0.25) is 0 Å². The Hall–Kier alpha value is -2.86. The molecule has 6 heteroatoms. The highest BCUT2D eigenvalue weighted by Gasteiger charge is 2.07. The second-order valence-corrected chi connectivity index (χ2v) is 5.91. The summed E-state index contributed by atoms with van der Waals surface area (Å²) in [6.07, 6.45) is 1.44. The van der Waals surface area contributed by atoms with E-state index in [1.807, 2.05) is 30.3 Å². The van der Waals surface area contributed by atoms with Gasteiger partial charge in [-0.15, -0.1) is 0 Å². The van der Waals surface area contributed by atoms with Crippen LogP contribution in [-0.2, 0) is 0 Å². The Labute approximate surface area is 147 Å². The fourth-order valence-electron chi connectivity index (χ4n) is 2.11. The van der Waals surface area contributed by atoms with Crippen molar-refractivity contribution in [2.75, 3.05) is 5.73 Å². The van der Waals surface area contributed by atoms with Crippen molar-refractivity contribution < 1.29 is 9.21 Å². The Bertz CT molecular complexity index is 885. The van der Waals surface area contributed by atoms with Crippen LogP contribution in [0.4, 0.5) is 5.69 Å². The third kappa shape index (κ3) is 3.72. The number of amides is 1. The lowest BCUT2D eigenvalue weighted by Gasteiger charge is -2.02. The van der Waals surface area contributed by atoms with Crippen molar-refractivity contribution in [2.24, 2.45) is 5.10 Å². The molecule has 0 aliphatic carbocycles. The maximum atomic E-state index is 12.0. The topological polar surface area (TPSA) is 80.6 Å². The number of nitrogens with one attached hydrogen (secondary N) is 1. The molecule has 0 bridgehead atoms. The molecule has 0 aliphatic rings. The van der Waals surface area contributed by atoms with Crippen LogP contribution in [0, 0.1) is 0 Å². The van der Waals surface area contributed by atoms with E-state index in [2.05, 4.69) is 26.5 Å². The minimum absolute atomic E-state index is 0.371. The van der Waals surface area contributed by atoms with Gasteiger partial charge in [-0.25, -0.2) is 5.43 Å². The molecule has 1 amide bonds. The highest BCUT2D eigenvalue weighted by Crippen LogP contribution is 2.23.